The fourth-order valence-corrected chi connectivity index (χ4v) is 1.66. The second kappa shape index (κ2) is 4.59. The minimum atomic E-state index is -0.731. The quantitative estimate of drug-likeness (QED) is 0.736. The van der Waals surface area contributed by atoms with Gasteiger partial charge in [-0.2, -0.15) is 0 Å². The number of hydrogen-bond acceptors (Lipinski definition) is 4. The molecule has 1 saturated heterocycles. The van der Waals surface area contributed by atoms with Crippen LogP contribution in [0.1, 0.15) is 22.2 Å². The van der Waals surface area contributed by atoms with Crippen LogP contribution in [0.5, 0.6) is 5.75 Å². The van der Waals surface area contributed by atoms with E-state index in [1.807, 2.05) is 0 Å². The van der Waals surface area contributed by atoms with Crippen LogP contribution in [-0.4, -0.2) is 26.6 Å². The Morgan fingerprint density at radius 3 is 2.69 bits per heavy atom. The van der Waals surface area contributed by atoms with E-state index in [2.05, 4.69) is 0 Å². The third kappa shape index (κ3) is 1.79. The molecule has 4 nitrogen and oxygen atoms in total. The van der Waals surface area contributed by atoms with Crippen LogP contribution in [0.4, 0.5) is 4.39 Å². The second-order valence-corrected chi connectivity index (χ2v) is 3.27. The van der Waals surface area contributed by atoms with Gasteiger partial charge in [-0.25, -0.2) is 4.39 Å². The van der Waals surface area contributed by atoms with Gasteiger partial charge < -0.3 is 14.2 Å². The molecule has 2 rings (SSSR count). The number of ether oxygens (including phenoxy) is 3. The highest BCUT2D eigenvalue weighted by molar-refractivity contribution is 5.79. The second-order valence-electron chi connectivity index (χ2n) is 3.27. The summed E-state index contributed by atoms with van der Waals surface area (Å²) < 4.78 is 29.0. The maximum Gasteiger partial charge on any atom is 0.188 e. The number of hydrogen-bond donors (Lipinski definition) is 0. The van der Waals surface area contributed by atoms with Crippen LogP contribution in [0, 0.1) is 5.82 Å². The Hall–Kier alpha value is -1.46. The van der Waals surface area contributed by atoms with Crippen molar-refractivity contribution in [3.63, 3.8) is 0 Å². The zero-order valence-electron chi connectivity index (χ0n) is 8.73. The first-order valence-electron chi connectivity index (χ1n) is 4.82. The van der Waals surface area contributed by atoms with E-state index in [4.69, 9.17) is 14.2 Å². The van der Waals surface area contributed by atoms with E-state index in [1.165, 1.54) is 19.2 Å². The summed E-state index contributed by atoms with van der Waals surface area (Å²) in [7, 11) is 1.44. The van der Waals surface area contributed by atoms with Gasteiger partial charge in [0.1, 0.15) is 11.6 Å². The average Bonchev–Trinajstić information content (AvgIpc) is 2.81. The highest BCUT2D eigenvalue weighted by Gasteiger charge is 2.27. The molecule has 16 heavy (non-hydrogen) atoms. The molecule has 0 amide bonds. The Balaban J connectivity index is 2.52. The Labute approximate surface area is 91.9 Å². The molecule has 0 spiro atoms. The lowest BCUT2D eigenvalue weighted by Gasteiger charge is -2.16. The molecule has 0 unspecified atom stereocenters. The van der Waals surface area contributed by atoms with Crippen LogP contribution in [-0.2, 0) is 9.47 Å². The van der Waals surface area contributed by atoms with Crippen molar-refractivity contribution < 1.29 is 23.4 Å². The third-order valence-electron chi connectivity index (χ3n) is 2.39. The molecule has 0 N–H and O–H groups in total. The molecule has 1 fully saturated rings. The van der Waals surface area contributed by atoms with Crippen molar-refractivity contribution in [1.82, 2.24) is 0 Å². The number of carbonyl (C=O) groups excluding carboxylic acids is 1. The lowest BCUT2D eigenvalue weighted by Crippen LogP contribution is -2.07. The first-order chi connectivity index (χ1) is 7.77. The van der Waals surface area contributed by atoms with Gasteiger partial charge in [-0.15, -0.1) is 0 Å². The van der Waals surface area contributed by atoms with Gasteiger partial charge >= 0.3 is 0 Å². The lowest BCUT2D eigenvalue weighted by atomic mass is 10.1. The van der Waals surface area contributed by atoms with Crippen LogP contribution in [0.3, 0.4) is 0 Å². The molecule has 1 aromatic carbocycles. The maximum absolute atomic E-state index is 13.4. The SMILES string of the molecule is COc1ccc(F)c(C=O)c1C1OCCO1. The molecule has 0 radical (unpaired) electrons. The molecule has 0 saturated carbocycles. The number of carbonyl (C=O) groups is 1. The van der Waals surface area contributed by atoms with E-state index >= 15 is 0 Å². The molecule has 1 heterocycles. The van der Waals surface area contributed by atoms with E-state index in [1.54, 1.807) is 0 Å². The molecule has 1 aliphatic heterocycles. The predicted octanol–water partition coefficient (Wildman–Crippen LogP) is 1.69. The Kier molecular flexibility index (Phi) is 3.17. The van der Waals surface area contributed by atoms with Gasteiger partial charge in [0.25, 0.3) is 0 Å². The predicted molar refractivity (Wildman–Crippen MR) is 53.0 cm³/mol. The molecular formula is C11H11FO4. The van der Waals surface area contributed by atoms with Crippen molar-refractivity contribution in [3.8, 4) is 5.75 Å². The number of benzene rings is 1. The summed E-state index contributed by atoms with van der Waals surface area (Å²) >= 11 is 0. The van der Waals surface area contributed by atoms with Gasteiger partial charge in [0.05, 0.1) is 31.5 Å². The number of halogens is 1. The fourth-order valence-electron chi connectivity index (χ4n) is 1.66. The zero-order chi connectivity index (χ0) is 11.5. The van der Waals surface area contributed by atoms with Gasteiger partial charge in [-0.1, -0.05) is 0 Å². The standard InChI is InChI=1S/C11H11FO4/c1-14-9-3-2-8(12)7(6-13)10(9)11-15-4-5-16-11/h2-3,6,11H,4-5H2,1H3. The van der Waals surface area contributed by atoms with E-state index < -0.39 is 12.1 Å². The third-order valence-corrected chi connectivity index (χ3v) is 2.39. The van der Waals surface area contributed by atoms with Crippen molar-refractivity contribution >= 4 is 6.29 Å². The first kappa shape index (κ1) is 11.0. The summed E-state index contributed by atoms with van der Waals surface area (Å²) in [5, 5.41) is 0. The van der Waals surface area contributed by atoms with Gasteiger partial charge in [-0.05, 0) is 12.1 Å². The summed E-state index contributed by atoms with van der Waals surface area (Å²) in [5.74, 6) is -0.222. The van der Waals surface area contributed by atoms with Crippen molar-refractivity contribution in [1.29, 1.82) is 0 Å². The average molecular weight is 226 g/mol. The van der Waals surface area contributed by atoms with Crippen molar-refractivity contribution in [2.45, 2.75) is 6.29 Å². The summed E-state index contributed by atoms with van der Waals surface area (Å²) in [6.45, 7) is 0.839. The minimum Gasteiger partial charge on any atom is -0.496 e. The van der Waals surface area contributed by atoms with Crippen molar-refractivity contribution in [3.05, 3.63) is 29.1 Å². The molecule has 0 aliphatic carbocycles. The summed E-state index contributed by atoms with van der Waals surface area (Å²) in [6, 6.07) is 2.63. The smallest absolute Gasteiger partial charge is 0.188 e. The molecule has 1 aliphatic rings. The molecule has 5 heteroatoms. The van der Waals surface area contributed by atoms with Crippen LogP contribution < -0.4 is 4.74 Å². The van der Waals surface area contributed by atoms with E-state index in [0.29, 0.717) is 30.8 Å². The molecule has 0 aromatic heterocycles. The van der Waals surface area contributed by atoms with Gasteiger partial charge in [-0.3, -0.25) is 4.79 Å². The Bertz CT molecular complexity index is 399. The highest BCUT2D eigenvalue weighted by Crippen LogP contribution is 2.34. The topological polar surface area (TPSA) is 44.8 Å². The van der Waals surface area contributed by atoms with Crippen LogP contribution in [0.15, 0.2) is 12.1 Å². The van der Waals surface area contributed by atoms with Crippen LogP contribution >= 0.6 is 0 Å². The van der Waals surface area contributed by atoms with Crippen LogP contribution in [0.2, 0.25) is 0 Å². The summed E-state index contributed by atoms with van der Waals surface area (Å²) in [6.07, 6.45) is -0.288. The number of rotatable bonds is 3. The van der Waals surface area contributed by atoms with Gasteiger partial charge in [0, 0.05) is 0 Å². The molecule has 0 atom stereocenters. The number of aldehydes is 1. The summed E-state index contributed by atoms with van der Waals surface area (Å²) in [4.78, 5) is 10.9. The van der Waals surface area contributed by atoms with E-state index in [9.17, 15) is 9.18 Å². The van der Waals surface area contributed by atoms with Gasteiger partial charge in [0.2, 0.25) is 0 Å². The Morgan fingerprint density at radius 2 is 2.12 bits per heavy atom. The largest absolute Gasteiger partial charge is 0.496 e. The molecule has 1 aromatic rings. The van der Waals surface area contributed by atoms with Crippen LogP contribution in [0.25, 0.3) is 0 Å². The first-order valence-corrected chi connectivity index (χ1v) is 4.82. The van der Waals surface area contributed by atoms with E-state index in [0.717, 1.165) is 0 Å². The molecule has 0 bridgehead atoms. The van der Waals surface area contributed by atoms with Crippen molar-refractivity contribution in [2.24, 2.45) is 0 Å². The number of methoxy groups -OCH3 is 1. The maximum atomic E-state index is 13.4. The normalized spacial score (nSPS) is 16.4. The highest BCUT2D eigenvalue weighted by atomic mass is 19.1. The van der Waals surface area contributed by atoms with E-state index in [-0.39, 0.29) is 5.56 Å². The Morgan fingerprint density at radius 1 is 1.44 bits per heavy atom. The zero-order valence-corrected chi connectivity index (χ0v) is 8.73. The lowest BCUT2D eigenvalue weighted by molar-refractivity contribution is -0.0460. The summed E-state index contributed by atoms with van der Waals surface area (Å²) in [5.41, 5.74) is 0.237. The van der Waals surface area contributed by atoms with Crippen molar-refractivity contribution in [2.75, 3.05) is 20.3 Å². The fraction of sp³-hybridized carbons (Fsp3) is 0.364. The monoisotopic (exact) mass is 226 g/mol. The molecule has 86 valence electrons. The minimum absolute atomic E-state index is 0.0775. The molecular weight excluding hydrogens is 215 g/mol. The van der Waals surface area contributed by atoms with Gasteiger partial charge in [0.15, 0.2) is 12.6 Å².